The summed E-state index contributed by atoms with van der Waals surface area (Å²) in [5.74, 6) is -0.589. The van der Waals surface area contributed by atoms with E-state index in [1.807, 2.05) is 17.3 Å². The molecule has 0 saturated carbocycles. The molecule has 1 unspecified atom stereocenters. The zero-order chi connectivity index (χ0) is 28.5. The third-order valence-electron chi connectivity index (χ3n) is 6.97. The number of benzene rings is 1. The third kappa shape index (κ3) is 5.71. The molecule has 1 fully saturated rings. The van der Waals surface area contributed by atoms with Crippen LogP contribution < -0.4 is 5.32 Å². The normalized spacial score (nSPS) is 19.6. The number of ketones is 1. The van der Waals surface area contributed by atoms with Crippen LogP contribution in [0.4, 0.5) is 23.2 Å². The first-order chi connectivity index (χ1) is 19.1. The molecule has 1 atom stereocenters. The number of halogens is 4. The van der Waals surface area contributed by atoms with E-state index in [0.717, 1.165) is 29.2 Å². The van der Waals surface area contributed by atoms with E-state index in [4.69, 9.17) is 5.41 Å². The molecule has 40 heavy (non-hydrogen) atoms. The van der Waals surface area contributed by atoms with E-state index in [1.165, 1.54) is 30.5 Å². The first kappa shape index (κ1) is 27.7. The number of fused-ring (bicyclic) bond motifs is 1. The smallest absolute Gasteiger partial charge is 0.355 e. The molecular formula is C29H25F4N5OS. The van der Waals surface area contributed by atoms with Gasteiger partial charge in [-0.15, -0.1) is 0 Å². The Bertz CT molecular complexity index is 1520. The fraction of sp³-hybridized carbons (Fsp3) is 0.241. The van der Waals surface area contributed by atoms with Crippen LogP contribution in [-0.4, -0.2) is 39.4 Å². The van der Waals surface area contributed by atoms with Crippen molar-refractivity contribution in [2.75, 3.05) is 18.4 Å². The minimum Gasteiger partial charge on any atom is -0.355 e. The predicted molar refractivity (Wildman–Crippen MR) is 146 cm³/mol. The molecule has 3 heterocycles. The van der Waals surface area contributed by atoms with Crippen molar-refractivity contribution in [3.8, 4) is 0 Å². The summed E-state index contributed by atoms with van der Waals surface area (Å²) in [6, 6.07) is 13.1. The molecule has 0 bridgehead atoms. The summed E-state index contributed by atoms with van der Waals surface area (Å²) in [6.07, 6.45) is 0.714. The van der Waals surface area contributed by atoms with Gasteiger partial charge in [-0.3, -0.25) is 9.78 Å². The predicted octanol–water partition coefficient (Wildman–Crippen LogP) is 6.87. The molecule has 1 aliphatic heterocycles. The minimum atomic E-state index is -4.57. The van der Waals surface area contributed by atoms with Crippen LogP contribution >= 0.6 is 11.9 Å². The van der Waals surface area contributed by atoms with E-state index in [0.29, 0.717) is 29.9 Å². The van der Waals surface area contributed by atoms with Crippen LogP contribution in [0, 0.1) is 23.6 Å². The van der Waals surface area contributed by atoms with Crippen LogP contribution in [0.25, 0.3) is 0 Å². The standard InChI is InChI=1S/C29H25F4N5OS/c1-18-9-11-35-24(13-18)27(39)28-15-19(16-34)23(36-22-7-5-21(30)6-8-22)14-20(28)10-12-38(17-28)40-26-4-2-3-25(37-26)29(31,32)33/h2-9,11,13-14,16,34,36H,10,12,15,17H2,1H3. The van der Waals surface area contributed by atoms with Gasteiger partial charge in [-0.05, 0) is 97.5 Å². The number of alkyl halides is 3. The zero-order valence-electron chi connectivity index (χ0n) is 21.4. The Morgan fingerprint density at radius 3 is 2.65 bits per heavy atom. The molecule has 0 amide bonds. The van der Waals surface area contributed by atoms with Gasteiger partial charge in [0.2, 0.25) is 0 Å². The molecule has 2 aromatic heterocycles. The van der Waals surface area contributed by atoms with Gasteiger partial charge in [-0.2, -0.15) is 13.2 Å². The van der Waals surface area contributed by atoms with Crippen molar-refractivity contribution >= 4 is 29.6 Å². The number of aryl methyl sites for hydroxylation is 1. The second kappa shape index (κ2) is 11.0. The molecule has 1 aliphatic carbocycles. The van der Waals surface area contributed by atoms with Crippen LogP contribution in [-0.2, 0) is 6.18 Å². The van der Waals surface area contributed by atoms with Gasteiger partial charge in [0.05, 0.1) is 5.41 Å². The molecular weight excluding hydrogens is 542 g/mol. The van der Waals surface area contributed by atoms with Gasteiger partial charge < -0.3 is 10.7 Å². The summed E-state index contributed by atoms with van der Waals surface area (Å²) < 4.78 is 55.1. The van der Waals surface area contributed by atoms with E-state index in [-0.39, 0.29) is 35.3 Å². The van der Waals surface area contributed by atoms with Crippen molar-refractivity contribution in [2.45, 2.75) is 31.0 Å². The molecule has 1 aromatic carbocycles. The molecule has 1 saturated heterocycles. The van der Waals surface area contributed by atoms with Crippen LogP contribution in [0.2, 0.25) is 0 Å². The molecule has 3 aromatic rings. The van der Waals surface area contributed by atoms with Crippen LogP contribution in [0.5, 0.6) is 0 Å². The van der Waals surface area contributed by atoms with Crippen molar-refractivity contribution < 1.29 is 22.4 Å². The maximum absolute atomic E-state index is 14.2. The summed E-state index contributed by atoms with van der Waals surface area (Å²) in [6.45, 7) is 2.52. The number of nitrogens with one attached hydrogen (secondary N) is 2. The molecule has 2 N–H and O–H groups in total. The fourth-order valence-electron chi connectivity index (χ4n) is 5.00. The summed E-state index contributed by atoms with van der Waals surface area (Å²) >= 11 is 1.08. The number of aromatic nitrogens is 2. The van der Waals surface area contributed by atoms with Gasteiger partial charge in [0.1, 0.15) is 22.2 Å². The highest BCUT2D eigenvalue weighted by molar-refractivity contribution is 7.97. The van der Waals surface area contributed by atoms with E-state index < -0.39 is 17.3 Å². The number of hydrogen-bond acceptors (Lipinski definition) is 7. The Morgan fingerprint density at radius 2 is 1.95 bits per heavy atom. The molecule has 6 nitrogen and oxygen atoms in total. The number of piperidine rings is 1. The molecule has 0 radical (unpaired) electrons. The van der Waals surface area contributed by atoms with Crippen molar-refractivity contribution in [1.82, 2.24) is 14.3 Å². The number of nitrogens with zero attached hydrogens (tertiary/aromatic N) is 3. The second-order valence-electron chi connectivity index (χ2n) is 9.75. The van der Waals surface area contributed by atoms with Crippen molar-refractivity contribution in [1.29, 1.82) is 5.41 Å². The second-order valence-corrected chi connectivity index (χ2v) is 10.9. The largest absolute Gasteiger partial charge is 0.433 e. The topological polar surface area (TPSA) is 82.0 Å². The quantitative estimate of drug-likeness (QED) is 0.140. The average Bonchev–Trinajstić information content (AvgIpc) is 2.93. The molecule has 5 rings (SSSR count). The number of carbonyl (C=O) groups is 1. The Labute approximate surface area is 232 Å². The maximum Gasteiger partial charge on any atom is 0.433 e. The SMILES string of the molecule is Cc1ccnc(C(=O)C23CC(C=N)=C(Nc4ccc(F)cc4)C=C2CCN(Sc2cccc(C(F)(F)F)n2)C3)c1. The molecule has 2 aliphatic rings. The average molecular weight is 568 g/mol. The highest BCUT2D eigenvalue weighted by Crippen LogP contribution is 2.48. The van der Waals surface area contributed by atoms with Gasteiger partial charge >= 0.3 is 6.18 Å². The third-order valence-corrected chi connectivity index (χ3v) is 7.95. The number of carbonyl (C=O) groups excluding carboxylic acids is 1. The fourth-order valence-corrected chi connectivity index (χ4v) is 6.01. The van der Waals surface area contributed by atoms with Crippen LogP contribution in [0.3, 0.4) is 0 Å². The monoisotopic (exact) mass is 567 g/mol. The highest BCUT2D eigenvalue weighted by atomic mass is 32.2. The summed E-state index contributed by atoms with van der Waals surface area (Å²) in [5, 5.41) is 11.6. The van der Waals surface area contributed by atoms with Crippen molar-refractivity contribution in [3.63, 3.8) is 0 Å². The summed E-state index contributed by atoms with van der Waals surface area (Å²) in [7, 11) is 0. The van der Waals surface area contributed by atoms with Gasteiger partial charge in [0.25, 0.3) is 0 Å². The van der Waals surface area contributed by atoms with Crippen LogP contribution in [0.1, 0.15) is 34.6 Å². The number of hydrogen-bond donors (Lipinski definition) is 2. The summed E-state index contributed by atoms with van der Waals surface area (Å²) in [5.41, 5.74) is 1.76. The Kier molecular flexibility index (Phi) is 7.61. The Hall–Kier alpha value is -3.83. The lowest BCUT2D eigenvalue weighted by atomic mass is 9.65. The lowest BCUT2D eigenvalue weighted by Gasteiger charge is -2.45. The number of pyridine rings is 2. The Balaban J connectivity index is 1.50. The van der Waals surface area contributed by atoms with E-state index in [9.17, 15) is 22.4 Å². The van der Waals surface area contributed by atoms with Crippen molar-refractivity contribution in [3.05, 3.63) is 106 Å². The van der Waals surface area contributed by atoms with Crippen LogP contribution in [0.15, 0.2) is 88.7 Å². The number of Topliss-reactive ketones (excluding diaryl/α,β-unsaturated/α-hetero) is 1. The van der Waals surface area contributed by atoms with E-state index in [1.54, 1.807) is 30.5 Å². The first-order valence-electron chi connectivity index (χ1n) is 12.5. The maximum atomic E-state index is 14.2. The van der Waals surface area contributed by atoms with Gasteiger partial charge in [0, 0.05) is 36.9 Å². The van der Waals surface area contributed by atoms with Gasteiger partial charge in [-0.1, -0.05) is 11.6 Å². The summed E-state index contributed by atoms with van der Waals surface area (Å²) in [4.78, 5) is 22.3. The molecule has 206 valence electrons. The van der Waals surface area contributed by atoms with E-state index in [2.05, 4.69) is 15.3 Å². The zero-order valence-corrected chi connectivity index (χ0v) is 22.2. The molecule has 11 heteroatoms. The van der Waals surface area contributed by atoms with Gasteiger partial charge in [0.15, 0.2) is 5.78 Å². The van der Waals surface area contributed by atoms with E-state index >= 15 is 0 Å². The number of allylic oxidation sites excluding steroid dienone is 2. The van der Waals surface area contributed by atoms with Crippen molar-refractivity contribution in [2.24, 2.45) is 5.41 Å². The number of anilines is 1. The Morgan fingerprint density at radius 1 is 1.18 bits per heavy atom. The first-order valence-corrected chi connectivity index (χ1v) is 13.3. The minimum absolute atomic E-state index is 0.177. The molecule has 0 spiro atoms. The van der Waals surface area contributed by atoms with Gasteiger partial charge in [-0.25, -0.2) is 13.7 Å². The highest BCUT2D eigenvalue weighted by Gasteiger charge is 2.49. The lowest BCUT2D eigenvalue weighted by Crippen LogP contribution is -2.49. The lowest BCUT2D eigenvalue weighted by molar-refractivity contribution is -0.141. The number of rotatable bonds is 7.